The molecule has 0 unspecified atom stereocenters. The second kappa shape index (κ2) is 7.28. The van der Waals surface area contributed by atoms with E-state index in [2.05, 4.69) is 9.97 Å². The summed E-state index contributed by atoms with van der Waals surface area (Å²) in [6.45, 7) is 2.04. The van der Waals surface area contributed by atoms with Crippen LogP contribution in [0.5, 0.6) is 0 Å². The maximum Gasteiger partial charge on any atom is 0.359 e. The number of fused-ring (bicyclic) bond motifs is 1. The number of oxazole rings is 1. The third-order valence-corrected chi connectivity index (χ3v) is 4.75. The average molecular weight is 379 g/mol. The second-order valence-electron chi connectivity index (χ2n) is 5.99. The lowest BCUT2D eigenvalue weighted by molar-refractivity contribution is 0.0463. The van der Waals surface area contributed by atoms with E-state index in [4.69, 9.17) is 9.15 Å². The summed E-state index contributed by atoms with van der Waals surface area (Å²) >= 11 is 1.47. The van der Waals surface area contributed by atoms with Crippen LogP contribution in [0.1, 0.15) is 21.7 Å². The number of benzene rings is 1. The molecule has 0 aliphatic carbocycles. The molecule has 27 heavy (non-hydrogen) atoms. The van der Waals surface area contributed by atoms with E-state index in [0.29, 0.717) is 22.8 Å². The summed E-state index contributed by atoms with van der Waals surface area (Å²) < 4.78 is 12.8. The van der Waals surface area contributed by atoms with Gasteiger partial charge >= 0.3 is 5.97 Å². The van der Waals surface area contributed by atoms with Crippen LogP contribution in [0.4, 0.5) is 0 Å². The van der Waals surface area contributed by atoms with Crippen molar-refractivity contribution in [3.63, 3.8) is 0 Å². The van der Waals surface area contributed by atoms with E-state index in [1.807, 2.05) is 66.2 Å². The number of thioether (sulfide) groups is 1. The minimum absolute atomic E-state index is 0.0225. The molecular formula is C20H17N3O3S. The van der Waals surface area contributed by atoms with E-state index in [0.717, 1.165) is 16.3 Å². The summed E-state index contributed by atoms with van der Waals surface area (Å²) in [5.41, 5.74) is 3.60. The first kappa shape index (κ1) is 17.4. The van der Waals surface area contributed by atoms with E-state index < -0.39 is 5.97 Å². The van der Waals surface area contributed by atoms with Crippen LogP contribution >= 0.6 is 11.8 Å². The Hall–Kier alpha value is -3.06. The van der Waals surface area contributed by atoms with Gasteiger partial charge in [0.15, 0.2) is 10.9 Å². The molecule has 0 atom stereocenters. The number of aryl methyl sites for hydroxylation is 1. The number of hydrogen-bond donors (Lipinski definition) is 0. The van der Waals surface area contributed by atoms with Gasteiger partial charge in [-0.1, -0.05) is 35.5 Å². The largest absolute Gasteiger partial charge is 0.454 e. The zero-order valence-electron chi connectivity index (χ0n) is 14.9. The zero-order chi connectivity index (χ0) is 18.8. The van der Waals surface area contributed by atoms with Crippen LogP contribution in [0.25, 0.3) is 17.0 Å². The molecule has 0 spiro atoms. The Morgan fingerprint density at radius 1 is 1.19 bits per heavy atom. The number of rotatable bonds is 5. The van der Waals surface area contributed by atoms with Gasteiger partial charge in [0.2, 0.25) is 5.89 Å². The lowest BCUT2D eigenvalue weighted by Gasteiger charge is -2.00. The van der Waals surface area contributed by atoms with Crippen molar-refractivity contribution in [1.82, 2.24) is 14.4 Å². The first-order chi connectivity index (χ1) is 13.2. The predicted octanol–water partition coefficient (Wildman–Crippen LogP) is 4.38. The molecule has 0 aliphatic rings. The van der Waals surface area contributed by atoms with E-state index in [9.17, 15) is 4.79 Å². The summed E-state index contributed by atoms with van der Waals surface area (Å²) in [6, 6.07) is 13.5. The molecule has 0 bridgehead atoms. The molecule has 0 amide bonds. The van der Waals surface area contributed by atoms with Gasteiger partial charge in [-0.25, -0.2) is 14.8 Å². The Morgan fingerprint density at radius 2 is 2.00 bits per heavy atom. The normalized spacial score (nSPS) is 11.0. The third kappa shape index (κ3) is 3.46. The molecule has 0 aliphatic heterocycles. The Labute approximate surface area is 160 Å². The summed E-state index contributed by atoms with van der Waals surface area (Å²) in [5.74, 6) is 0.0112. The van der Waals surface area contributed by atoms with Crippen molar-refractivity contribution < 1.29 is 13.9 Å². The molecule has 0 radical (unpaired) electrons. The lowest BCUT2D eigenvalue weighted by Crippen LogP contribution is -2.06. The SMILES string of the molecule is CSc1nc(C(=O)OCc2coc(-c3ccc(C)cc3)n2)c2ccccn12. The van der Waals surface area contributed by atoms with Gasteiger partial charge in [-0.3, -0.25) is 4.40 Å². The zero-order valence-corrected chi connectivity index (χ0v) is 15.7. The highest BCUT2D eigenvalue weighted by Gasteiger charge is 2.19. The number of esters is 1. The number of carbonyl (C=O) groups is 1. The molecule has 1 aromatic carbocycles. The topological polar surface area (TPSA) is 69.6 Å². The molecule has 3 heterocycles. The van der Waals surface area contributed by atoms with Crippen LogP contribution in [0.15, 0.2) is 64.5 Å². The van der Waals surface area contributed by atoms with Crippen molar-refractivity contribution in [2.24, 2.45) is 0 Å². The minimum Gasteiger partial charge on any atom is -0.454 e. The Morgan fingerprint density at radius 3 is 2.78 bits per heavy atom. The van der Waals surface area contributed by atoms with Gasteiger partial charge in [0, 0.05) is 11.8 Å². The van der Waals surface area contributed by atoms with E-state index >= 15 is 0 Å². The fourth-order valence-corrected chi connectivity index (χ4v) is 3.25. The van der Waals surface area contributed by atoms with Crippen LogP contribution in [0.2, 0.25) is 0 Å². The third-order valence-electron chi connectivity index (χ3n) is 4.09. The number of ether oxygens (including phenoxy) is 1. The molecule has 3 aromatic heterocycles. The number of imidazole rings is 1. The number of pyridine rings is 1. The molecule has 6 nitrogen and oxygen atoms in total. The first-order valence-electron chi connectivity index (χ1n) is 8.35. The van der Waals surface area contributed by atoms with Gasteiger partial charge < -0.3 is 9.15 Å². The molecule has 0 fully saturated rings. The fourth-order valence-electron chi connectivity index (χ4n) is 2.71. The average Bonchev–Trinajstić information content (AvgIpc) is 3.31. The maximum atomic E-state index is 12.5. The summed E-state index contributed by atoms with van der Waals surface area (Å²) in [7, 11) is 0. The number of aromatic nitrogens is 3. The number of carbonyl (C=O) groups excluding carboxylic acids is 1. The molecule has 0 saturated carbocycles. The Bertz CT molecular complexity index is 1100. The molecule has 4 rings (SSSR count). The first-order valence-corrected chi connectivity index (χ1v) is 9.58. The van der Waals surface area contributed by atoms with E-state index in [1.165, 1.54) is 18.0 Å². The van der Waals surface area contributed by atoms with Gasteiger partial charge in [-0.05, 0) is 37.4 Å². The quantitative estimate of drug-likeness (QED) is 0.379. The number of nitrogens with zero attached hydrogens (tertiary/aromatic N) is 3. The van der Waals surface area contributed by atoms with Crippen molar-refractivity contribution in [3.05, 3.63) is 71.9 Å². The summed E-state index contributed by atoms with van der Waals surface area (Å²) in [4.78, 5) is 21.3. The highest BCUT2D eigenvalue weighted by atomic mass is 32.2. The Kier molecular flexibility index (Phi) is 4.68. The lowest BCUT2D eigenvalue weighted by atomic mass is 10.1. The van der Waals surface area contributed by atoms with E-state index in [1.54, 1.807) is 0 Å². The standard InChI is InChI=1S/C20H17N3O3S/c1-13-6-8-14(9-7-13)18-21-15(11-25-18)12-26-19(24)17-16-5-3-4-10-23(16)20(22-17)27-2/h3-11H,12H2,1-2H3. The smallest absolute Gasteiger partial charge is 0.359 e. The molecule has 7 heteroatoms. The van der Waals surface area contributed by atoms with Gasteiger partial charge in [0.05, 0.1) is 5.52 Å². The maximum absolute atomic E-state index is 12.5. The molecule has 0 N–H and O–H groups in total. The molecule has 4 aromatic rings. The highest BCUT2D eigenvalue weighted by Crippen LogP contribution is 2.22. The molecular weight excluding hydrogens is 362 g/mol. The second-order valence-corrected chi connectivity index (χ2v) is 6.76. The van der Waals surface area contributed by atoms with Crippen molar-refractivity contribution >= 4 is 23.2 Å². The van der Waals surface area contributed by atoms with Crippen molar-refractivity contribution in [2.75, 3.05) is 6.26 Å². The minimum atomic E-state index is -0.487. The van der Waals surface area contributed by atoms with Crippen LogP contribution in [0.3, 0.4) is 0 Å². The van der Waals surface area contributed by atoms with Crippen LogP contribution in [-0.2, 0) is 11.3 Å². The summed E-state index contributed by atoms with van der Waals surface area (Å²) in [5, 5.41) is 0.737. The molecule has 0 saturated heterocycles. The van der Waals surface area contributed by atoms with Gasteiger partial charge in [-0.15, -0.1) is 0 Å². The van der Waals surface area contributed by atoms with Crippen LogP contribution < -0.4 is 0 Å². The number of hydrogen-bond acceptors (Lipinski definition) is 6. The van der Waals surface area contributed by atoms with E-state index in [-0.39, 0.29) is 6.61 Å². The van der Waals surface area contributed by atoms with Crippen molar-refractivity contribution in [3.8, 4) is 11.5 Å². The van der Waals surface area contributed by atoms with Gasteiger partial charge in [-0.2, -0.15) is 0 Å². The monoisotopic (exact) mass is 379 g/mol. The van der Waals surface area contributed by atoms with Crippen LogP contribution in [0, 0.1) is 6.92 Å². The van der Waals surface area contributed by atoms with Crippen LogP contribution in [-0.4, -0.2) is 26.6 Å². The molecule has 136 valence electrons. The van der Waals surface area contributed by atoms with Crippen molar-refractivity contribution in [2.45, 2.75) is 18.7 Å². The fraction of sp³-hybridized carbons (Fsp3) is 0.150. The predicted molar refractivity (Wildman–Crippen MR) is 103 cm³/mol. The summed E-state index contributed by atoms with van der Waals surface area (Å²) in [6.07, 6.45) is 5.29. The Balaban J connectivity index is 1.50. The van der Waals surface area contributed by atoms with Gasteiger partial charge in [0.25, 0.3) is 0 Å². The van der Waals surface area contributed by atoms with Gasteiger partial charge in [0.1, 0.15) is 18.6 Å². The van der Waals surface area contributed by atoms with Crippen molar-refractivity contribution in [1.29, 1.82) is 0 Å². The highest BCUT2D eigenvalue weighted by molar-refractivity contribution is 7.98.